The highest BCUT2D eigenvalue weighted by Gasteiger charge is 2.52. The van der Waals surface area contributed by atoms with E-state index in [9.17, 15) is 23.1 Å². The number of hydrogen-bond donors (Lipinski definition) is 2. The average Bonchev–Trinajstić information content (AvgIpc) is 3.34. The molecule has 5 rings (SSSR count). The number of carbonyl (C=O) groups is 1. The second kappa shape index (κ2) is 10.6. The van der Waals surface area contributed by atoms with Gasteiger partial charge in [-0.2, -0.15) is 13.2 Å². The van der Waals surface area contributed by atoms with Gasteiger partial charge in [-0.1, -0.05) is 60.7 Å². The predicted molar refractivity (Wildman–Crippen MR) is 150 cm³/mol. The van der Waals surface area contributed by atoms with Gasteiger partial charge in [-0.3, -0.25) is 0 Å². The van der Waals surface area contributed by atoms with E-state index >= 15 is 0 Å². The maximum absolute atomic E-state index is 13.8. The van der Waals surface area contributed by atoms with E-state index < -0.39 is 41.9 Å². The minimum Gasteiger partial charge on any atom is -0.508 e. The molecular weight excluding hydrogens is 534 g/mol. The minimum atomic E-state index is -4.72. The smallest absolute Gasteiger partial charge is 0.492 e. The quantitative estimate of drug-likeness (QED) is 0.316. The first kappa shape index (κ1) is 28.8. The Kier molecular flexibility index (Phi) is 7.42. The van der Waals surface area contributed by atoms with E-state index in [4.69, 9.17) is 14.0 Å². The fourth-order valence-electron chi connectivity index (χ4n) is 5.14. The molecule has 1 amide bonds. The van der Waals surface area contributed by atoms with Gasteiger partial charge in [0.2, 0.25) is 0 Å². The summed E-state index contributed by atoms with van der Waals surface area (Å²) in [6, 6.07) is 18.9. The molecule has 0 unspecified atom stereocenters. The maximum Gasteiger partial charge on any atom is 0.492 e. The van der Waals surface area contributed by atoms with E-state index in [0.717, 1.165) is 28.3 Å². The van der Waals surface area contributed by atoms with Gasteiger partial charge in [-0.25, -0.2) is 4.79 Å². The molecule has 0 spiro atoms. The number of nitrogens with one attached hydrogen (secondary N) is 1. The number of alkyl carbamates (subject to hydrolysis) is 1. The van der Waals surface area contributed by atoms with Crippen molar-refractivity contribution in [1.29, 1.82) is 0 Å². The second-order valence-corrected chi connectivity index (χ2v) is 11.3. The van der Waals surface area contributed by atoms with Gasteiger partial charge in [-0.15, -0.1) is 0 Å². The molecule has 3 aromatic carbocycles. The Morgan fingerprint density at radius 2 is 1.54 bits per heavy atom. The average molecular weight is 565 g/mol. The van der Waals surface area contributed by atoms with Crippen molar-refractivity contribution in [2.24, 2.45) is 0 Å². The monoisotopic (exact) mass is 565 g/mol. The Morgan fingerprint density at radius 3 is 2.10 bits per heavy atom. The number of alkyl halides is 3. The predicted octanol–water partition coefficient (Wildman–Crippen LogP) is 6.96. The third kappa shape index (κ3) is 5.71. The standard InChI is InChI=1S/C31H31BF3NO5/c1-29(2)30(3,4)41-32(40-29)20(15-19-13-14-21(37)16-27(19)31(33,34)35)17-36-28(38)39-18-26-24-11-7-5-9-22(24)23-10-6-8-12-25(23)26/h5-16,26,37H,17-18H2,1-4H3,(H,36,38). The highest BCUT2D eigenvalue weighted by molar-refractivity contribution is 6.56. The zero-order chi connectivity index (χ0) is 29.6. The van der Waals surface area contributed by atoms with Crippen LogP contribution in [0.2, 0.25) is 0 Å². The second-order valence-electron chi connectivity index (χ2n) is 11.3. The molecule has 0 aromatic heterocycles. The lowest BCUT2D eigenvalue weighted by Gasteiger charge is -2.32. The number of rotatable bonds is 6. The van der Waals surface area contributed by atoms with Crippen LogP contribution < -0.4 is 5.32 Å². The Balaban J connectivity index is 1.36. The first-order chi connectivity index (χ1) is 19.3. The molecule has 0 saturated carbocycles. The lowest BCUT2D eigenvalue weighted by Crippen LogP contribution is -2.41. The number of halogens is 3. The van der Waals surface area contributed by atoms with Gasteiger partial charge in [0.1, 0.15) is 12.4 Å². The van der Waals surface area contributed by atoms with E-state index in [1.165, 1.54) is 12.1 Å². The first-order valence-corrected chi connectivity index (χ1v) is 13.3. The van der Waals surface area contributed by atoms with E-state index in [2.05, 4.69) is 5.32 Å². The number of fused-ring (bicyclic) bond motifs is 3. The van der Waals surface area contributed by atoms with Crippen LogP contribution in [0.25, 0.3) is 17.2 Å². The highest BCUT2D eigenvalue weighted by Crippen LogP contribution is 2.44. The zero-order valence-electron chi connectivity index (χ0n) is 23.2. The largest absolute Gasteiger partial charge is 0.508 e. The van der Waals surface area contributed by atoms with Gasteiger partial charge < -0.3 is 24.5 Å². The number of aromatic hydroxyl groups is 1. The molecule has 41 heavy (non-hydrogen) atoms. The van der Waals surface area contributed by atoms with Crippen molar-refractivity contribution in [2.75, 3.05) is 13.2 Å². The molecule has 0 bridgehead atoms. The molecule has 1 aliphatic carbocycles. The topological polar surface area (TPSA) is 77.0 Å². The molecule has 1 fully saturated rings. The van der Waals surface area contributed by atoms with E-state index in [0.29, 0.717) is 6.07 Å². The fraction of sp³-hybridized carbons (Fsp3) is 0.323. The molecule has 214 valence electrons. The van der Waals surface area contributed by atoms with Gasteiger partial charge in [0.25, 0.3) is 0 Å². The van der Waals surface area contributed by atoms with Crippen LogP contribution in [-0.2, 0) is 20.2 Å². The van der Waals surface area contributed by atoms with Crippen LogP contribution in [-0.4, -0.2) is 42.7 Å². The van der Waals surface area contributed by atoms with E-state index in [1.54, 1.807) is 0 Å². The SMILES string of the molecule is CC1(C)OB(C(=Cc2ccc(O)cc2C(F)(F)F)CNC(=O)OCC2c3ccccc3-c3ccccc32)OC1(C)C. The molecule has 0 atom stereocenters. The molecule has 10 heteroatoms. The number of ether oxygens (including phenoxy) is 1. The van der Waals surface area contributed by atoms with Gasteiger partial charge in [0.05, 0.1) is 16.8 Å². The van der Waals surface area contributed by atoms with Crippen molar-refractivity contribution in [3.8, 4) is 16.9 Å². The third-order valence-electron chi connectivity index (χ3n) is 8.02. The summed E-state index contributed by atoms with van der Waals surface area (Å²) in [5.41, 5.74) is 1.83. The normalized spacial score (nSPS) is 17.7. The summed E-state index contributed by atoms with van der Waals surface area (Å²) in [4.78, 5) is 12.9. The molecule has 3 aromatic rings. The van der Waals surface area contributed by atoms with Crippen LogP contribution in [0.4, 0.5) is 18.0 Å². The zero-order valence-corrected chi connectivity index (χ0v) is 23.2. The highest BCUT2D eigenvalue weighted by atomic mass is 19.4. The fourth-order valence-corrected chi connectivity index (χ4v) is 5.14. The number of carbonyl (C=O) groups excluding carboxylic acids is 1. The van der Waals surface area contributed by atoms with Crippen molar-refractivity contribution in [2.45, 2.75) is 51.0 Å². The van der Waals surface area contributed by atoms with Crippen LogP contribution in [0.15, 0.2) is 72.2 Å². The Morgan fingerprint density at radius 1 is 0.976 bits per heavy atom. The van der Waals surface area contributed by atoms with Crippen molar-refractivity contribution < 1.29 is 37.1 Å². The van der Waals surface area contributed by atoms with Crippen molar-refractivity contribution in [3.63, 3.8) is 0 Å². The molecule has 1 heterocycles. The lowest BCUT2D eigenvalue weighted by molar-refractivity contribution is -0.137. The van der Waals surface area contributed by atoms with Gasteiger partial charge in [-0.05, 0) is 73.1 Å². The molecule has 1 aliphatic heterocycles. The molecular formula is C31H31BF3NO5. The number of phenols is 1. The summed E-state index contributed by atoms with van der Waals surface area (Å²) in [5.74, 6) is -0.652. The number of phenolic OH excluding ortho intramolecular Hbond substituents is 1. The van der Waals surface area contributed by atoms with E-state index in [1.807, 2.05) is 76.2 Å². The number of hydrogen-bond acceptors (Lipinski definition) is 5. The first-order valence-electron chi connectivity index (χ1n) is 13.3. The molecule has 6 nitrogen and oxygen atoms in total. The van der Waals surface area contributed by atoms with Crippen LogP contribution in [0.1, 0.15) is 55.9 Å². The lowest BCUT2D eigenvalue weighted by atomic mass is 9.76. The molecule has 2 aliphatic rings. The maximum atomic E-state index is 13.8. The number of amides is 1. The van der Waals surface area contributed by atoms with Gasteiger partial charge in [0, 0.05) is 12.5 Å². The molecule has 0 radical (unpaired) electrons. The van der Waals surface area contributed by atoms with Gasteiger partial charge in [0.15, 0.2) is 0 Å². The summed E-state index contributed by atoms with van der Waals surface area (Å²) >= 11 is 0. The van der Waals surface area contributed by atoms with Gasteiger partial charge >= 0.3 is 19.4 Å². The summed E-state index contributed by atoms with van der Waals surface area (Å²) < 4.78 is 59.1. The van der Waals surface area contributed by atoms with Crippen LogP contribution in [0.3, 0.4) is 0 Å². The number of benzene rings is 3. The minimum absolute atomic E-state index is 0.0889. The van der Waals surface area contributed by atoms with Crippen molar-refractivity contribution in [3.05, 3.63) is 94.5 Å². The van der Waals surface area contributed by atoms with Crippen molar-refractivity contribution in [1.82, 2.24) is 5.32 Å². The van der Waals surface area contributed by atoms with Crippen molar-refractivity contribution >= 4 is 19.3 Å². The van der Waals surface area contributed by atoms with E-state index in [-0.39, 0.29) is 30.1 Å². The Labute approximate surface area is 237 Å². The van der Waals surface area contributed by atoms with Crippen LogP contribution >= 0.6 is 0 Å². The molecule has 1 saturated heterocycles. The summed E-state index contributed by atoms with van der Waals surface area (Å²) in [5, 5.41) is 12.3. The van der Waals surface area contributed by atoms with Crippen LogP contribution in [0, 0.1) is 0 Å². The Bertz CT molecular complexity index is 1440. The van der Waals surface area contributed by atoms with Crippen LogP contribution in [0.5, 0.6) is 5.75 Å². The summed E-state index contributed by atoms with van der Waals surface area (Å²) in [6.07, 6.45) is -4.17. The third-order valence-corrected chi connectivity index (χ3v) is 8.02. The molecule has 2 N–H and O–H groups in total. The Hall–Kier alpha value is -3.76. The summed E-state index contributed by atoms with van der Waals surface area (Å²) in [6.45, 7) is 7.20. The summed E-state index contributed by atoms with van der Waals surface area (Å²) in [7, 11) is -1.02.